The number of anilines is 2. The molecule has 0 amide bonds. The third kappa shape index (κ3) is 3.75. The molecule has 3 rings (SSSR count). The average Bonchev–Trinajstić information content (AvgIpc) is 3.10. The molecule has 0 spiro atoms. The number of fused-ring (bicyclic) bond motifs is 1. The molecule has 3 aromatic heterocycles. The average molecular weight is 345 g/mol. The van der Waals surface area contributed by atoms with Gasteiger partial charge in [0, 0.05) is 18.8 Å². The van der Waals surface area contributed by atoms with Gasteiger partial charge in [0.25, 0.3) is 0 Å². The molecule has 0 aliphatic carbocycles. The van der Waals surface area contributed by atoms with Gasteiger partial charge in [0.15, 0.2) is 0 Å². The van der Waals surface area contributed by atoms with Crippen molar-refractivity contribution in [1.29, 1.82) is 0 Å². The lowest BCUT2D eigenvalue weighted by Gasteiger charge is -2.15. The number of pyridine rings is 1. The van der Waals surface area contributed by atoms with Crippen molar-refractivity contribution in [1.82, 2.24) is 24.1 Å². The Kier molecular flexibility index (Phi) is 4.63. The number of likely N-dealkylation sites (N-methyl/N-ethyl adjacent to an activating group) is 1. The Balaban J connectivity index is 1.80. The van der Waals surface area contributed by atoms with Crippen LogP contribution < -0.4 is 5.32 Å². The highest BCUT2D eigenvalue weighted by Gasteiger charge is 2.22. The third-order valence-corrected chi connectivity index (χ3v) is 3.55. The summed E-state index contributed by atoms with van der Waals surface area (Å²) in [6, 6.07) is 5.16. The Morgan fingerprint density at radius 1 is 1.44 bits per heavy atom. The molecule has 0 radical (unpaired) electrons. The smallest absolute Gasteiger partial charge is 0.372 e. The summed E-state index contributed by atoms with van der Waals surface area (Å²) in [5.74, 6) is 0.000539. The molecule has 0 unspecified atom stereocenters. The van der Waals surface area contributed by atoms with Gasteiger partial charge in [0.05, 0.1) is 30.7 Å². The van der Waals surface area contributed by atoms with E-state index in [1.807, 2.05) is 19.0 Å². The van der Waals surface area contributed by atoms with Crippen LogP contribution in [0.5, 0.6) is 0 Å². The van der Waals surface area contributed by atoms with E-state index in [0.717, 1.165) is 0 Å². The van der Waals surface area contributed by atoms with Crippen molar-refractivity contribution in [3.8, 4) is 0 Å². The number of hydrogen-bond donors (Lipinski definition) is 2. The minimum Gasteiger partial charge on any atom is -0.390 e. The maximum Gasteiger partial charge on any atom is 0.372 e. The highest BCUT2D eigenvalue weighted by atomic mass is 16.6. The molecule has 3 aromatic rings. The minimum atomic E-state index is -0.563. The molecular formula is C15H19N7O3. The molecule has 0 bridgehead atoms. The van der Waals surface area contributed by atoms with Gasteiger partial charge in [-0.15, -0.1) is 0 Å². The van der Waals surface area contributed by atoms with Crippen LogP contribution in [0.3, 0.4) is 0 Å². The van der Waals surface area contributed by atoms with E-state index in [4.69, 9.17) is 0 Å². The maximum atomic E-state index is 11.4. The van der Waals surface area contributed by atoms with Crippen molar-refractivity contribution in [3.05, 3.63) is 46.9 Å². The predicted molar refractivity (Wildman–Crippen MR) is 91.9 cm³/mol. The summed E-state index contributed by atoms with van der Waals surface area (Å²) >= 11 is 0. The zero-order valence-electron chi connectivity index (χ0n) is 13.9. The first-order chi connectivity index (χ1) is 11.9. The number of aromatic nitrogens is 4. The maximum absolute atomic E-state index is 11.4. The summed E-state index contributed by atoms with van der Waals surface area (Å²) < 4.78 is 2.99. The van der Waals surface area contributed by atoms with Crippen LogP contribution in [-0.4, -0.2) is 60.8 Å². The van der Waals surface area contributed by atoms with Crippen molar-refractivity contribution >= 4 is 23.0 Å². The van der Waals surface area contributed by atoms with Crippen LogP contribution in [-0.2, 0) is 6.54 Å². The van der Waals surface area contributed by atoms with Gasteiger partial charge in [0.1, 0.15) is 0 Å². The molecule has 10 heteroatoms. The van der Waals surface area contributed by atoms with Crippen LogP contribution in [0.25, 0.3) is 5.65 Å². The molecule has 0 saturated carbocycles. The van der Waals surface area contributed by atoms with E-state index in [0.29, 0.717) is 24.4 Å². The largest absolute Gasteiger partial charge is 0.390 e. The Morgan fingerprint density at radius 3 is 2.96 bits per heavy atom. The molecule has 0 aliphatic rings. The molecule has 10 nitrogen and oxygen atoms in total. The number of aliphatic hydroxyl groups is 1. The molecule has 132 valence electrons. The van der Waals surface area contributed by atoms with Crippen LogP contribution >= 0.6 is 0 Å². The van der Waals surface area contributed by atoms with Gasteiger partial charge in [-0.2, -0.15) is 14.5 Å². The highest BCUT2D eigenvalue weighted by Crippen LogP contribution is 2.27. The predicted octanol–water partition coefficient (Wildman–Crippen LogP) is 1.11. The second-order valence-corrected chi connectivity index (χ2v) is 5.96. The molecule has 2 N–H and O–H groups in total. The second-order valence-electron chi connectivity index (χ2n) is 5.96. The number of aliphatic hydroxyl groups excluding tert-OH is 1. The van der Waals surface area contributed by atoms with Crippen molar-refractivity contribution < 1.29 is 10.0 Å². The van der Waals surface area contributed by atoms with E-state index in [9.17, 15) is 15.2 Å². The monoisotopic (exact) mass is 345 g/mol. The topological polar surface area (TPSA) is 114 Å². The van der Waals surface area contributed by atoms with Crippen LogP contribution in [0.15, 0.2) is 36.8 Å². The first-order valence-electron chi connectivity index (χ1n) is 7.68. The second kappa shape index (κ2) is 6.87. The van der Waals surface area contributed by atoms with Crippen LogP contribution in [0.2, 0.25) is 0 Å². The van der Waals surface area contributed by atoms with E-state index in [2.05, 4.69) is 15.4 Å². The Morgan fingerprint density at radius 2 is 2.24 bits per heavy atom. The van der Waals surface area contributed by atoms with Crippen LogP contribution in [0.1, 0.15) is 0 Å². The van der Waals surface area contributed by atoms with Crippen molar-refractivity contribution in [2.75, 3.05) is 26.0 Å². The van der Waals surface area contributed by atoms with Crippen molar-refractivity contribution in [2.45, 2.75) is 12.6 Å². The van der Waals surface area contributed by atoms with Gasteiger partial charge < -0.3 is 25.4 Å². The fraction of sp³-hybridized carbons (Fsp3) is 0.333. The first-order valence-corrected chi connectivity index (χ1v) is 7.68. The molecule has 0 fully saturated rings. The Bertz CT molecular complexity index is 886. The summed E-state index contributed by atoms with van der Waals surface area (Å²) in [5, 5.41) is 28.4. The summed E-state index contributed by atoms with van der Waals surface area (Å²) in [6.07, 6.45) is 4.24. The molecular weight excluding hydrogens is 326 g/mol. The van der Waals surface area contributed by atoms with E-state index in [-0.39, 0.29) is 11.6 Å². The summed E-state index contributed by atoms with van der Waals surface area (Å²) in [5.41, 5.74) is 1.04. The van der Waals surface area contributed by atoms with Crippen molar-refractivity contribution in [3.63, 3.8) is 0 Å². The number of hydrogen-bond acceptors (Lipinski definition) is 7. The lowest BCUT2D eigenvalue weighted by atomic mass is 10.3. The van der Waals surface area contributed by atoms with Crippen LogP contribution in [0.4, 0.5) is 17.3 Å². The normalized spacial score (nSPS) is 12.6. The zero-order chi connectivity index (χ0) is 18.0. The third-order valence-electron chi connectivity index (χ3n) is 3.55. The summed E-state index contributed by atoms with van der Waals surface area (Å²) in [4.78, 5) is 17.0. The fourth-order valence-electron chi connectivity index (χ4n) is 2.60. The molecule has 0 saturated heterocycles. The first kappa shape index (κ1) is 16.9. The van der Waals surface area contributed by atoms with Gasteiger partial charge in [-0.3, -0.25) is 4.68 Å². The number of nitrogens with one attached hydrogen (secondary N) is 1. The quantitative estimate of drug-likeness (QED) is 0.487. The van der Waals surface area contributed by atoms with E-state index >= 15 is 0 Å². The standard InChI is InChI=1S/C15H19N7O3/c1-19(2)9-12(23)10-20-8-11(7-16-20)17-14-15(22(24)25)21-6-4-3-5-13(21)18-14/h3-8,12,17,23H,9-10H2,1-2H3/t12-/m1/s1. The SMILES string of the molecule is CN(C)C[C@@H](O)Cn1cc(Nc2nc3ccccn3c2[N+](=O)[O-])cn1. The van der Waals surface area contributed by atoms with Crippen molar-refractivity contribution in [2.24, 2.45) is 0 Å². The Hall–Kier alpha value is -2.98. The summed E-state index contributed by atoms with van der Waals surface area (Å²) in [7, 11) is 3.75. The summed E-state index contributed by atoms with van der Waals surface area (Å²) in [6.45, 7) is 0.841. The van der Waals surface area contributed by atoms with Gasteiger partial charge in [-0.05, 0) is 25.1 Å². The lowest BCUT2D eigenvalue weighted by Crippen LogP contribution is -2.29. The zero-order valence-corrected chi connectivity index (χ0v) is 13.9. The van der Waals surface area contributed by atoms with E-state index in [1.54, 1.807) is 35.3 Å². The number of imidazole rings is 1. The highest BCUT2D eigenvalue weighted by molar-refractivity contribution is 5.68. The molecule has 25 heavy (non-hydrogen) atoms. The lowest BCUT2D eigenvalue weighted by molar-refractivity contribution is -0.389. The van der Waals surface area contributed by atoms with E-state index in [1.165, 1.54) is 10.6 Å². The molecule has 3 heterocycles. The van der Waals surface area contributed by atoms with E-state index < -0.39 is 11.0 Å². The molecule has 0 aromatic carbocycles. The van der Waals surface area contributed by atoms with Gasteiger partial charge in [-0.25, -0.2) is 0 Å². The van der Waals surface area contributed by atoms with Gasteiger partial charge in [0.2, 0.25) is 11.5 Å². The van der Waals surface area contributed by atoms with Gasteiger partial charge in [-0.1, -0.05) is 6.07 Å². The fourth-order valence-corrected chi connectivity index (χ4v) is 2.60. The Labute approximate surface area is 143 Å². The minimum absolute atomic E-state index is 0.143. The molecule has 1 atom stereocenters. The molecule has 0 aliphatic heterocycles. The van der Waals surface area contributed by atoms with Gasteiger partial charge >= 0.3 is 5.82 Å². The number of rotatable bonds is 7. The van der Waals surface area contributed by atoms with Crippen LogP contribution in [0, 0.1) is 10.1 Å². The number of nitro groups is 1. The number of nitrogens with zero attached hydrogens (tertiary/aromatic N) is 6.